The number of hydrogen-bond donors (Lipinski definition) is 2. The van der Waals surface area contributed by atoms with E-state index in [1.54, 1.807) is 54.6 Å². The Kier molecular flexibility index (Phi) is 11.5. The third-order valence-electron chi connectivity index (χ3n) is 13.1. The molecule has 4 aromatic rings. The van der Waals surface area contributed by atoms with Crippen LogP contribution in [0.25, 0.3) is 21.8 Å². The second-order valence-electron chi connectivity index (χ2n) is 18.6. The summed E-state index contributed by atoms with van der Waals surface area (Å²) in [4.78, 5) is 81.3. The fraction of sp³-hybridized carbons (Fsp3) is 0.478. The van der Waals surface area contributed by atoms with Crippen LogP contribution in [0.2, 0.25) is 0 Å². The molecule has 4 heterocycles. The Morgan fingerprint density at radius 1 is 0.984 bits per heavy atom. The Morgan fingerprint density at radius 3 is 2.21 bits per heavy atom. The minimum atomic E-state index is -3.99. The van der Waals surface area contributed by atoms with Crippen LogP contribution >= 0.6 is 0 Å². The van der Waals surface area contributed by atoms with Gasteiger partial charge in [-0.2, -0.15) is 0 Å². The van der Waals surface area contributed by atoms with Gasteiger partial charge in [0, 0.05) is 48.8 Å². The number of pyridine rings is 1. The zero-order chi connectivity index (χ0) is 45.1. The van der Waals surface area contributed by atoms with Crippen molar-refractivity contribution in [1.82, 2.24) is 34.3 Å². The molecule has 5 amide bonds. The molecule has 2 saturated heterocycles. The second-order valence-corrected chi connectivity index (χ2v) is 20.5. The van der Waals surface area contributed by atoms with Crippen LogP contribution in [-0.2, 0) is 35.7 Å². The first-order chi connectivity index (χ1) is 29.8. The van der Waals surface area contributed by atoms with Gasteiger partial charge in [0.25, 0.3) is 11.8 Å². The van der Waals surface area contributed by atoms with Crippen LogP contribution in [-0.4, -0.2) is 111 Å². The van der Waals surface area contributed by atoms with Crippen molar-refractivity contribution >= 4 is 61.5 Å². The highest BCUT2D eigenvalue weighted by atomic mass is 32.2. The zero-order valence-corrected chi connectivity index (χ0v) is 36.5. The van der Waals surface area contributed by atoms with Crippen molar-refractivity contribution in [3.63, 3.8) is 0 Å². The summed E-state index contributed by atoms with van der Waals surface area (Å²) in [7, 11) is -3.99. The maximum atomic E-state index is 15.3. The molecule has 4 aliphatic rings. The molecule has 1 unspecified atom stereocenters. The van der Waals surface area contributed by atoms with Gasteiger partial charge in [-0.15, -0.1) is 6.58 Å². The van der Waals surface area contributed by atoms with Crippen molar-refractivity contribution in [3.05, 3.63) is 91.3 Å². The number of amides is 5. The van der Waals surface area contributed by atoms with Gasteiger partial charge in [0.05, 0.1) is 47.0 Å². The summed E-state index contributed by atoms with van der Waals surface area (Å²) in [5, 5.41) is 3.80. The number of carbonyl (C=O) groups is 5. The molecule has 2 aromatic heterocycles. The lowest BCUT2D eigenvalue weighted by atomic mass is 9.77. The number of carbonyl (C=O) groups excluding carboxylic acids is 5. The summed E-state index contributed by atoms with van der Waals surface area (Å²) in [6.45, 7) is 8.25. The molecule has 2 aliphatic carbocycles. The van der Waals surface area contributed by atoms with Crippen molar-refractivity contribution in [3.8, 4) is 0 Å². The maximum absolute atomic E-state index is 15.3. The molecule has 334 valence electrons. The SMILES string of the molecule is C=CC1C[C@]1(NC(=O)[C@@H]1C[C@@H](N(Cc2ccccn2)C(=O)n2c3ccccc3c3ccccc32)CN1C(=O)[C@@H](CC(=O)N1CCCC(F)(F)C1)C(C)(C)C)C(=O)NS(=O)(=O)C1CC1. The second kappa shape index (κ2) is 16.4. The van der Waals surface area contributed by atoms with E-state index in [1.165, 1.54) is 11.0 Å². The smallest absolute Gasteiger partial charge is 0.329 e. The average Bonchev–Trinajstić information content (AvgIpc) is 4.15. The van der Waals surface area contributed by atoms with Crippen LogP contribution in [0, 0.1) is 17.3 Å². The summed E-state index contributed by atoms with van der Waals surface area (Å²) < 4.78 is 58.6. The Balaban J connectivity index is 1.17. The molecule has 0 radical (unpaired) electrons. The minimum Gasteiger partial charge on any atom is -0.339 e. The first kappa shape index (κ1) is 43.9. The molecule has 2 N–H and O–H groups in total. The number of nitrogens with one attached hydrogen (secondary N) is 2. The molecular weight excluding hydrogens is 833 g/mol. The van der Waals surface area contributed by atoms with Gasteiger partial charge in [-0.05, 0) is 61.8 Å². The Labute approximate surface area is 365 Å². The molecule has 5 atom stereocenters. The number of piperidine rings is 1. The van der Waals surface area contributed by atoms with Crippen LogP contribution in [0.15, 0.2) is 85.6 Å². The van der Waals surface area contributed by atoms with E-state index in [4.69, 9.17) is 0 Å². The van der Waals surface area contributed by atoms with Crippen LogP contribution in [0.4, 0.5) is 13.6 Å². The summed E-state index contributed by atoms with van der Waals surface area (Å²) in [5.74, 6) is -7.65. The standard InChI is InChI=1S/C46H53F2N7O7S/c1-5-29-25-46(29,42(59)51-63(61,62)32-18-19-32)50-40(57)38-23-31(27-54(38)41(58)35(44(2,3)4)24-39(56)52-22-12-20-45(47,48)28-52)53(26-30-13-10-11-21-49-30)43(60)55-36-16-8-6-14-33(36)34-15-7-9-17-37(34)55/h5-11,13-17,21,29,31-32,35,38H,1,12,18-20,22-28H2,2-4H3,(H,50,57)(H,51,59)/t29?,31-,35-,38+,46-/m1/s1. The number of hydrogen-bond acceptors (Lipinski definition) is 8. The minimum absolute atomic E-state index is 0.0180. The summed E-state index contributed by atoms with van der Waals surface area (Å²) in [5.41, 5.74) is -0.753. The van der Waals surface area contributed by atoms with E-state index in [0.29, 0.717) is 29.6 Å². The van der Waals surface area contributed by atoms with Gasteiger partial charge in [0.2, 0.25) is 27.7 Å². The third-order valence-corrected chi connectivity index (χ3v) is 14.9. The molecule has 0 spiro atoms. The Bertz CT molecular complexity index is 2540. The van der Waals surface area contributed by atoms with Crippen molar-refractivity contribution in [1.29, 1.82) is 0 Å². The number of sulfonamides is 1. The number of likely N-dealkylation sites (tertiary alicyclic amines) is 2. The van der Waals surface area contributed by atoms with E-state index in [1.807, 2.05) is 48.5 Å². The monoisotopic (exact) mass is 885 g/mol. The fourth-order valence-electron chi connectivity index (χ4n) is 9.27. The zero-order valence-electron chi connectivity index (χ0n) is 35.6. The highest BCUT2D eigenvalue weighted by molar-refractivity contribution is 7.91. The number of fused-ring (bicyclic) bond motifs is 3. The van der Waals surface area contributed by atoms with Crippen LogP contribution in [0.3, 0.4) is 0 Å². The molecule has 2 aromatic carbocycles. The van der Waals surface area contributed by atoms with Crippen molar-refractivity contribution in [2.24, 2.45) is 17.3 Å². The quantitative estimate of drug-likeness (QED) is 0.173. The van der Waals surface area contributed by atoms with Gasteiger partial charge >= 0.3 is 6.03 Å². The van der Waals surface area contributed by atoms with Gasteiger partial charge in [0.1, 0.15) is 11.6 Å². The maximum Gasteiger partial charge on any atom is 0.329 e. The largest absolute Gasteiger partial charge is 0.339 e. The van der Waals surface area contributed by atoms with Crippen LogP contribution in [0.1, 0.15) is 71.4 Å². The van der Waals surface area contributed by atoms with Gasteiger partial charge in [-0.25, -0.2) is 22.0 Å². The lowest BCUT2D eigenvalue weighted by Gasteiger charge is -2.38. The van der Waals surface area contributed by atoms with Gasteiger partial charge < -0.3 is 20.0 Å². The van der Waals surface area contributed by atoms with E-state index in [2.05, 4.69) is 21.6 Å². The fourth-order valence-corrected chi connectivity index (χ4v) is 10.6. The topological polar surface area (TPSA) is 171 Å². The number of halogens is 2. The number of benzene rings is 2. The van der Waals surface area contributed by atoms with Crippen LogP contribution < -0.4 is 10.0 Å². The third kappa shape index (κ3) is 8.68. The molecule has 2 aliphatic heterocycles. The molecule has 63 heavy (non-hydrogen) atoms. The number of aromatic nitrogens is 2. The molecule has 0 bridgehead atoms. The first-order valence-corrected chi connectivity index (χ1v) is 23.0. The van der Waals surface area contributed by atoms with Gasteiger partial charge in [0.15, 0.2) is 0 Å². The van der Waals surface area contributed by atoms with E-state index in [9.17, 15) is 31.6 Å². The normalized spacial score (nSPS) is 23.9. The number of para-hydroxylation sites is 2. The Morgan fingerprint density at radius 2 is 1.63 bits per heavy atom. The summed E-state index contributed by atoms with van der Waals surface area (Å²) in [6.07, 6.45) is 3.21. The van der Waals surface area contributed by atoms with Crippen molar-refractivity contribution in [2.45, 2.75) is 101 Å². The van der Waals surface area contributed by atoms with Crippen LogP contribution in [0.5, 0.6) is 0 Å². The van der Waals surface area contributed by atoms with Crippen molar-refractivity contribution in [2.75, 3.05) is 19.6 Å². The molecule has 8 rings (SSSR count). The van der Waals surface area contributed by atoms with Gasteiger partial charge in [-0.1, -0.05) is 69.3 Å². The molecular formula is C46H53F2N7O7S. The molecule has 2 saturated carbocycles. The summed E-state index contributed by atoms with van der Waals surface area (Å²) >= 11 is 0. The highest BCUT2D eigenvalue weighted by Crippen LogP contribution is 2.46. The number of alkyl halides is 2. The molecule has 4 fully saturated rings. The highest BCUT2D eigenvalue weighted by Gasteiger charge is 2.62. The molecule has 17 heteroatoms. The Hall–Kier alpha value is -5.71. The predicted molar refractivity (Wildman–Crippen MR) is 232 cm³/mol. The van der Waals surface area contributed by atoms with Crippen molar-refractivity contribution < 1.29 is 41.2 Å². The first-order valence-electron chi connectivity index (χ1n) is 21.5. The van der Waals surface area contributed by atoms with E-state index in [0.717, 1.165) is 15.7 Å². The lowest BCUT2D eigenvalue weighted by molar-refractivity contribution is -0.151. The summed E-state index contributed by atoms with van der Waals surface area (Å²) in [6, 6.07) is 17.7. The van der Waals surface area contributed by atoms with E-state index in [-0.39, 0.29) is 45.3 Å². The molecule has 14 nitrogen and oxygen atoms in total. The number of nitrogens with zero attached hydrogens (tertiary/aromatic N) is 5. The van der Waals surface area contributed by atoms with Gasteiger partial charge in [-0.3, -0.25) is 33.5 Å². The lowest BCUT2D eigenvalue weighted by Crippen LogP contribution is -2.57. The predicted octanol–water partition coefficient (Wildman–Crippen LogP) is 5.61. The number of rotatable bonds is 12. The van der Waals surface area contributed by atoms with E-state index >= 15 is 9.59 Å². The average molecular weight is 886 g/mol. The van der Waals surface area contributed by atoms with E-state index < -0.39 is 98.7 Å².